The molecule has 0 aliphatic carbocycles. The molecule has 2 rings (SSSR count). The zero-order valence-corrected chi connectivity index (χ0v) is 11.8. The highest BCUT2D eigenvalue weighted by molar-refractivity contribution is 5.64. The van der Waals surface area contributed by atoms with E-state index in [1.165, 1.54) is 22.3 Å². The van der Waals surface area contributed by atoms with E-state index in [2.05, 4.69) is 76.2 Å². The summed E-state index contributed by atoms with van der Waals surface area (Å²) in [5.41, 5.74) is 5.40. The molecule has 0 radical (unpaired) electrons. The topological polar surface area (TPSA) is 0 Å². The molecule has 0 atom stereocenters. The molecule has 94 valence electrons. The van der Waals surface area contributed by atoms with Gasteiger partial charge in [0.2, 0.25) is 0 Å². The first kappa shape index (κ1) is 12.9. The third-order valence-corrected chi connectivity index (χ3v) is 3.49. The van der Waals surface area contributed by atoms with E-state index in [1.807, 2.05) is 0 Å². The molecular formula is C18H22. The minimum Gasteiger partial charge on any atom is -0.0587 e. The summed E-state index contributed by atoms with van der Waals surface area (Å²) >= 11 is 0. The van der Waals surface area contributed by atoms with Gasteiger partial charge in [-0.2, -0.15) is 0 Å². The maximum atomic E-state index is 2.23. The van der Waals surface area contributed by atoms with Gasteiger partial charge in [-0.25, -0.2) is 0 Å². The van der Waals surface area contributed by atoms with Gasteiger partial charge in [0.15, 0.2) is 0 Å². The predicted molar refractivity (Wildman–Crippen MR) is 80.1 cm³/mol. The molecule has 0 spiro atoms. The maximum Gasteiger partial charge on any atom is -0.0184 e. The highest BCUT2D eigenvalue weighted by Crippen LogP contribution is 2.24. The molecule has 0 aromatic heterocycles. The third kappa shape index (κ3) is 2.81. The molecule has 0 amide bonds. The van der Waals surface area contributed by atoms with Gasteiger partial charge >= 0.3 is 0 Å². The van der Waals surface area contributed by atoms with Gasteiger partial charge in [-0.1, -0.05) is 76.2 Å². The van der Waals surface area contributed by atoms with E-state index in [4.69, 9.17) is 0 Å². The van der Waals surface area contributed by atoms with Crippen molar-refractivity contribution in [3.05, 3.63) is 59.7 Å². The SMILES string of the molecule is CC(C)c1ccc(-c2ccc(C(C)C)cc2)cc1. The van der Waals surface area contributed by atoms with Gasteiger partial charge in [-0.15, -0.1) is 0 Å². The van der Waals surface area contributed by atoms with Crippen molar-refractivity contribution >= 4 is 0 Å². The minimum absolute atomic E-state index is 0.599. The second-order valence-electron chi connectivity index (χ2n) is 5.55. The molecule has 0 aliphatic heterocycles. The van der Waals surface area contributed by atoms with Crippen molar-refractivity contribution < 1.29 is 0 Å². The lowest BCUT2D eigenvalue weighted by Gasteiger charge is -2.09. The molecule has 0 bridgehead atoms. The van der Waals surface area contributed by atoms with Crippen molar-refractivity contribution in [1.82, 2.24) is 0 Å². The van der Waals surface area contributed by atoms with E-state index in [-0.39, 0.29) is 0 Å². The number of rotatable bonds is 3. The highest BCUT2D eigenvalue weighted by Gasteiger charge is 2.02. The van der Waals surface area contributed by atoms with Crippen molar-refractivity contribution in [2.45, 2.75) is 39.5 Å². The van der Waals surface area contributed by atoms with Crippen molar-refractivity contribution in [1.29, 1.82) is 0 Å². The molecule has 2 aromatic rings. The average Bonchev–Trinajstić information content (AvgIpc) is 2.39. The summed E-state index contributed by atoms with van der Waals surface area (Å²) < 4.78 is 0. The van der Waals surface area contributed by atoms with Gasteiger partial charge in [0.25, 0.3) is 0 Å². The Kier molecular flexibility index (Phi) is 3.86. The first-order chi connectivity index (χ1) is 8.58. The van der Waals surface area contributed by atoms with Crippen molar-refractivity contribution in [3.63, 3.8) is 0 Å². The van der Waals surface area contributed by atoms with E-state index < -0.39 is 0 Å². The summed E-state index contributed by atoms with van der Waals surface area (Å²) in [5, 5.41) is 0. The van der Waals surface area contributed by atoms with Crippen LogP contribution >= 0.6 is 0 Å². The molecule has 0 heteroatoms. The molecule has 18 heavy (non-hydrogen) atoms. The van der Waals surface area contributed by atoms with Gasteiger partial charge in [0.05, 0.1) is 0 Å². The van der Waals surface area contributed by atoms with Crippen LogP contribution < -0.4 is 0 Å². The lowest BCUT2D eigenvalue weighted by atomic mass is 9.96. The minimum atomic E-state index is 0.599. The fourth-order valence-electron chi connectivity index (χ4n) is 2.12. The summed E-state index contributed by atoms with van der Waals surface area (Å²) in [6.07, 6.45) is 0. The fraction of sp³-hybridized carbons (Fsp3) is 0.333. The van der Waals surface area contributed by atoms with Crippen LogP contribution in [0, 0.1) is 0 Å². The summed E-state index contributed by atoms with van der Waals surface area (Å²) in [7, 11) is 0. The Bertz CT molecular complexity index is 437. The van der Waals surface area contributed by atoms with Crippen LogP contribution in [0.25, 0.3) is 11.1 Å². The van der Waals surface area contributed by atoms with Crippen molar-refractivity contribution in [3.8, 4) is 11.1 Å². The summed E-state index contributed by atoms with van der Waals surface area (Å²) in [6.45, 7) is 8.91. The van der Waals surface area contributed by atoms with Gasteiger partial charge in [0, 0.05) is 0 Å². The Balaban J connectivity index is 2.25. The molecule has 0 saturated carbocycles. The Morgan fingerprint density at radius 2 is 0.778 bits per heavy atom. The molecule has 0 fully saturated rings. The number of hydrogen-bond acceptors (Lipinski definition) is 0. The first-order valence-electron chi connectivity index (χ1n) is 6.78. The average molecular weight is 238 g/mol. The van der Waals surface area contributed by atoms with Crippen LogP contribution in [-0.2, 0) is 0 Å². The van der Waals surface area contributed by atoms with E-state index in [0.29, 0.717) is 11.8 Å². The van der Waals surface area contributed by atoms with Gasteiger partial charge in [-0.3, -0.25) is 0 Å². The molecule has 0 nitrogen and oxygen atoms in total. The summed E-state index contributed by atoms with van der Waals surface area (Å²) in [6, 6.07) is 17.8. The molecule has 0 aliphatic rings. The number of hydrogen-bond donors (Lipinski definition) is 0. The maximum absolute atomic E-state index is 2.23. The fourth-order valence-corrected chi connectivity index (χ4v) is 2.12. The molecule has 0 N–H and O–H groups in total. The van der Waals surface area contributed by atoms with Crippen LogP contribution in [0.5, 0.6) is 0 Å². The largest absolute Gasteiger partial charge is 0.0587 e. The van der Waals surface area contributed by atoms with Gasteiger partial charge < -0.3 is 0 Å². The third-order valence-electron chi connectivity index (χ3n) is 3.49. The van der Waals surface area contributed by atoms with Crippen LogP contribution in [0.4, 0.5) is 0 Å². The van der Waals surface area contributed by atoms with Crippen molar-refractivity contribution in [2.75, 3.05) is 0 Å². The Morgan fingerprint density at radius 1 is 0.500 bits per heavy atom. The molecule has 0 unspecified atom stereocenters. The monoisotopic (exact) mass is 238 g/mol. The standard InChI is InChI=1S/C18H22/c1-13(2)15-5-9-17(10-6-15)18-11-7-16(8-12-18)14(3)4/h5-14H,1-4H3. The lowest BCUT2D eigenvalue weighted by molar-refractivity contribution is 0.866. The van der Waals surface area contributed by atoms with E-state index in [9.17, 15) is 0 Å². The van der Waals surface area contributed by atoms with Crippen LogP contribution in [0.2, 0.25) is 0 Å². The summed E-state index contributed by atoms with van der Waals surface area (Å²) in [5.74, 6) is 1.20. The summed E-state index contributed by atoms with van der Waals surface area (Å²) in [4.78, 5) is 0. The van der Waals surface area contributed by atoms with Gasteiger partial charge in [0.1, 0.15) is 0 Å². The molecular weight excluding hydrogens is 216 g/mol. The number of benzene rings is 2. The zero-order valence-electron chi connectivity index (χ0n) is 11.8. The smallest absolute Gasteiger partial charge is 0.0184 e. The van der Waals surface area contributed by atoms with Crippen LogP contribution in [0.3, 0.4) is 0 Å². The van der Waals surface area contributed by atoms with Crippen LogP contribution in [0.1, 0.15) is 50.7 Å². The predicted octanol–water partition coefficient (Wildman–Crippen LogP) is 5.60. The van der Waals surface area contributed by atoms with Gasteiger partial charge in [-0.05, 0) is 34.1 Å². The first-order valence-corrected chi connectivity index (χ1v) is 6.78. The van der Waals surface area contributed by atoms with E-state index in [0.717, 1.165) is 0 Å². The zero-order chi connectivity index (χ0) is 13.1. The van der Waals surface area contributed by atoms with Crippen LogP contribution in [0.15, 0.2) is 48.5 Å². The van der Waals surface area contributed by atoms with Crippen molar-refractivity contribution in [2.24, 2.45) is 0 Å². The van der Waals surface area contributed by atoms with E-state index >= 15 is 0 Å². The Labute approximate surface area is 111 Å². The Morgan fingerprint density at radius 3 is 1.00 bits per heavy atom. The van der Waals surface area contributed by atoms with Crippen LogP contribution in [-0.4, -0.2) is 0 Å². The molecule has 0 heterocycles. The highest BCUT2D eigenvalue weighted by atomic mass is 14.1. The lowest BCUT2D eigenvalue weighted by Crippen LogP contribution is -1.88. The molecule has 2 aromatic carbocycles. The van der Waals surface area contributed by atoms with E-state index in [1.54, 1.807) is 0 Å². The normalized spacial score (nSPS) is 11.2. The Hall–Kier alpha value is -1.56. The second kappa shape index (κ2) is 5.39. The molecule has 0 saturated heterocycles. The quantitative estimate of drug-likeness (QED) is 0.653. The second-order valence-corrected chi connectivity index (χ2v) is 5.55.